The average Bonchev–Trinajstić information content (AvgIpc) is 3.45. The number of anilines is 1. The highest BCUT2D eigenvalue weighted by atomic mass is 16.5. The van der Waals surface area contributed by atoms with Crippen LogP contribution in [0.1, 0.15) is 46.2 Å². The molecular formula is C25H23N3O4. The maximum absolute atomic E-state index is 12.8. The molecule has 2 aromatic carbocycles. The third-order valence-corrected chi connectivity index (χ3v) is 5.16. The van der Waals surface area contributed by atoms with Crippen molar-refractivity contribution in [3.63, 3.8) is 0 Å². The first kappa shape index (κ1) is 21.2. The number of amides is 1. The Kier molecular flexibility index (Phi) is 6.26. The van der Waals surface area contributed by atoms with Gasteiger partial charge in [-0.25, -0.2) is 9.48 Å². The van der Waals surface area contributed by atoms with Crippen LogP contribution in [0.25, 0.3) is 11.8 Å². The summed E-state index contributed by atoms with van der Waals surface area (Å²) in [4.78, 5) is 38.9. The number of carbonyl (C=O) groups excluding carboxylic acids is 3. The van der Waals surface area contributed by atoms with Gasteiger partial charge in [-0.1, -0.05) is 30.3 Å². The van der Waals surface area contributed by atoms with Crippen molar-refractivity contribution in [3.8, 4) is 5.69 Å². The molecule has 0 spiro atoms. The SMILES string of the molecule is CCOC(=O)c1nn(-c2ccccc2)cc1/C=C/C(=O)c1cccc(N2CCCC2=O)c1. The summed E-state index contributed by atoms with van der Waals surface area (Å²) in [6.45, 7) is 2.61. The van der Waals surface area contributed by atoms with E-state index >= 15 is 0 Å². The zero-order valence-corrected chi connectivity index (χ0v) is 17.7. The van der Waals surface area contributed by atoms with Crippen LogP contribution in [0.15, 0.2) is 66.9 Å². The third kappa shape index (κ3) is 4.51. The first-order chi connectivity index (χ1) is 15.6. The molecule has 0 N–H and O–H groups in total. The lowest BCUT2D eigenvalue weighted by Gasteiger charge is -2.16. The predicted octanol–water partition coefficient (Wildman–Crippen LogP) is 4.07. The zero-order valence-electron chi connectivity index (χ0n) is 17.7. The molecule has 32 heavy (non-hydrogen) atoms. The number of hydrogen-bond acceptors (Lipinski definition) is 5. The number of esters is 1. The van der Waals surface area contributed by atoms with Gasteiger partial charge in [-0.2, -0.15) is 5.10 Å². The van der Waals surface area contributed by atoms with Gasteiger partial charge in [0.25, 0.3) is 0 Å². The van der Waals surface area contributed by atoms with E-state index in [0.29, 0.717) is 24.1 Å². The number of rotatable bonds is 7. The summed E-state index contributed by atoms with van der Waals surface area (Å²) in [7, 11) is 0. The standard InChI is InChI=1S/C25H23N3O4/c1-2-32-25(31)24-19(17-28(26-24)20-9-4-3-5-10-20)13-14-22(29)18-8-6-11-21(16-18)27-15-7-12-23(27)30/h3-6,8-11,13-14,16-17H,2,7,12,15H2,1H3/b14-13+. The Morgan fingerprint density at radius 2 is 1.88 bits per heavy atom. The van der Waals surface area contributed by atoms with Crippen LogP contribution in [0.2, 0.25) is 0 Å². The smallest absolute Gasteiger partial charge is 0.359 e. The minimum absolute atomic E-state index is 0.0672. The number of carbonyl (C=O) groups is 3. The Morgan fingerprint density at radius 3 is 2.59 bits per heavy atom. The highest BCUT2D eigenvalue weighted by Gasteiger charge is 2.22. The van der Waals surface area contributed by atoms with Crippen molar-refractivity contribution in [2.45, 2.75) is 19.8 Å². The van der Waals surface area contributed by atoms with E-state index in [2.05, 4.69) is 5.10 Å². The number of ketones is 1. The molecule has 4 rings (SSSR count). The summed E-state index contributed by atoms with van der Waals surface area (Å²) >= 11 is 0. The molecule has 1 aliphatic rings. The van der Waals surface area contributed by atoms with E-state index in [9.17, 15) is 14.4 Å². The lowest BCUT2D eigenvalue weighted by molar-refractivity contribution is -0.117. The van der Waals surface area contributed by atoms with Crippen molar-refractivity contribution in [2.75, 3.05) is 18.1 Å². The Morgan fingerprint density at radius 1 is 1.09 bits per heavy atom. The van der Waals surface area contributed by atoms with Crippen LogP contribution in [0.4, 0.5) is 5.69 Å². The molecule has 0 unspecified atom stereocenters. The van der Waals surface area contributed by atoms with Gasteiger partial charge in [0.15, 0.2) is 11.5 Å². The summed E-state index contributed by atoms with van der Waals surface area (Å²) in [5, 5.41) is 4.36. The molecule has 7 nitrogen and oxygen atoms in total. The van der Waals surface area contributed by atoms with E-state index in [1.165, 1.54) is 6.08 Å². The maximum atomic E-state index is 12.8. The van der Waals surface area contributed by atoms with Crippen molar-refractivity contribution in [1.29, 1.82) is 0 Å². The van der Waals surface area contributed by atoms with Crippen molar-refractivity contribution in [2.24, 2.45) is 0 Å². The van der Waals surface area contributed by atoms with E-state index in [4.69, 9.17) is 4.74 Å². The van der Waals surface area contributed by atoms with Crippen LogP contribution in [0.3, 0.4) is 0 Å². The maximum Gasteiger partial charge on any atom is 0.359 e. The van der Waals surface area contributed by atoms with Gasteiger partial charge in [0.2, 0.25) is 5.91 Å². The molecule has 1 amide bonds. The van der Waals surface area contributed by atoms with Crippen LogP contribution in [0, 0.1) is 0 Å². The Hall–Kier alpha value is -4.00. The monoisotopic (exact) mass is 429 g/mol. The topological polar surface area (TPSA) is 81.5 Å². The number of ether oxygens (including phenoxy) is 1. The van der Waals surface area contributed by atoms with Crippen molar-refractivity contribution < 1.29 is 19.1 Å². The second-order valence-electron chi connectivity index (χ2n) is 7.33. The number of hydrogen-bond donors (Lipinski definition) is 0. The fraction of sp³-hybridized carbons (Fsp3) is 0.200. The predicted molar refractivity (Wildman–Crippen MR) is 121 cm³/mol. The minimum atomic E-state index is -0.552. The van der Waals surface area contributed by atoms with Crippen molar-refractivity contribution >= 4 is 29.4 Å². The van der Waals surface area contributed by atoms with Gasteiger partial charge in [-0.05, 0) is 49.8 Å². The van der Waals surface area contributed by atoms with Gasteiger partial charge in [0, 0.05) is 36.0 Å². The quantitative estimate of drug-likeness (QED) is 0.321. The second-order valence-corrected chi connectivity index (χ2v) is 7.33. The molecule has 0 radical (unpaired) electrons. The van der Waals surface area contributed by atoms with Crippen LogP contribution in [-0.2, 0) is 9.53 Å². The van der Waals surface area contributed by atoms with E-state index in [1.807, 2.05) is 36.4 Å². The minimum Gasteiger partial charge on any atom is -0.461 e. The van der Waals surface area contributed by atoms with Gasteiger partial charge >= 0.3 is 5.97 Å². The molecule has 0 atom stereocenters. The van der Waals surface area contributed by atoms with Gasteiger partial charge in [-0.3, -0.25) is 9.59 Å². The Labute approximate surface area is 185 Å². The summed E-state index contributed by atoms with van der Waals surface area (Å²) in [6.07, 6.45) is 6.00. The molecule has 162 valence electrons. The Balaban J connectivity index is 1.61. The highest BCUT2D eigenvalue weighted by molar-refractivity contribution is 6.08. The fourth-order valence-electron chi connectivity index (χ4n) is 3.59. The first-order valence-electron chi connectivity index (χ1n) is 10.5. The number of aromatic nitrogens is 2. The number of benzene rings is 2. The van der Waals surface area contributed by atoms with Gasteiger partial charge in [-0.15, -0.1) is 0 Å². The van der Waals surface area contributed by atoms with Gasteiger partial charge in [0.05, 0.1) is 12.3 Å². The van der Waals surface area contributed by atoms with Crippen LogP contribution < -0.4 is 4.90 Å². The lowest BCUT2D eigenvalue weighted by atomic mass is 10.1. The van der Waals surface area contributed by atoms with Gasteiger partial charge < -0.3 is 9.64 Å². The Bertz CT molecular complexity index is 1180. The lowest BCUT2D eigenvalue weighted by Crippen LogP contribution is -2.23. The van der Waals surface area contributed by atoms with Crippen LogP contribution >= 0.6 is 0 Å². The number of nitrogens with zero attached hydrogens (tertiary/aromatic N) is 3. The average molecular weight is 429 g/mol. The molecule has 0 saturated carbocycles. The van der Waals surface area contributed by atoms with Crippen LogP contribution in [0.5, 0.6) is 0 Å². The van der Waals surface area contributed by atoms with E-state index in [1.54, 1.807) is 47.0 Å². The second kappa shape index (κ2) is 9.43. The van der Waals surface area contributed by atoms with Crippen molar-refractivity contribution in [3.05, 3.63) is 83.7 Å². The summed E-state index contributed by atoms with van der Waals surface area (Å²) in [5.74, 6) is -0.720. The van der Waals surface area contributed by atoms with Gasteiger partial charge in [0.1, 0.15) is 0 Å². The van der Waals surface area contributed by atoms with E-state index in [0.717, 1.165) is 17.8 Å². The highest BCUT2D eigenvalue weighted by Crippen LogP contribution is 2.23. The number of allylic oxidation sites excluding steroid dienone is 1. The molecule has 1 aliphatic heterocycles. The van der Waals surface area contributed by atoms with E-state index < -0.39 is 5.97 Å². The molecule has 3 aromatic rings. The molecule has 0 aliphatic carbocycles. The number of para-hydroxylation sites is 1. The summed E-state index contributed by atoms with van der Waals surface area (Å²) in [5.41, 5.74) is 2.58. The molecule has 7 heteroatoms. The van der Waals surface area contributed by atoms with E-state index in [-0.39, 0.29) is 24.0 Å². The van der Waals surface area contributed by atoms with Crippen LogP contribution in [-0.4, -0.2) is 40.6 Å². The largest absolute Gasteiger partial charge is 0.461 e. The summed E-state index contributed by atoms with van der Waals surface area (Å²) in [6, 6.07) is 16.4. The molecule has 1 saturated heterocycles. The zero-order chi connectivity index (χ0) is 22.5. The molecule has 2 heterocycles. The molecular weight excluding hydrogens is 406 g/mol. The molecule has 1 fully saturated rings. The fourth-order valence-corrected chi connectivity index (χ4v) is 3.59. The van der Waals surface area contributed by atoms with Crippen molar-refractivity contribution in [1.82, 2.24) is 9.78 Å². The molecule has 0 bridgehead atoms. The third-order valence-electron chi connectivity index (χ3n) is 5.16. The molecule has 1 aromatic heterocycles. The summed E-state index contributed by atoms with van der Waals surface area (Å²) < 4.78 is 6.70. The first-order valence-corrected chi connectivity index (χ1v) is 10.5. The normalized spacial score (nSPS) is 13.7.